The summed E-state index contributed by atoms with van der Waals surface area (Å²) in [6, 6.07) is 5.56. The Labute approximate surface area is 182 Å². The maximum atomic E-state index is 13.5. The largest absolute Gasteiger partial charge is 0.481 e. The van der Waals surface area contributed by atoms with Gasteiger partial charge >= 0.3 is 5.97 Å². The summed E-state index contributed by atoms with van der Waals surface area (Å²) in [6.45, 7) is 5.01. The van der Waals surface area contributed by atoms with Crippen molar-refractivity contribution in [3.8, 4) is 11.9 Å². The van der Waals surface area contributed by atoms with Gasteiger partial charge in [0.1, 0.15) is 6.07 Å². The summed E-state index contributed by atoms with van der Waals surface area (Å²) in [5.74, 6) is 1.10. The Morgan fingerprint density at radius 1 is 1.29 bits per heavy atom. The molecule has 1 amide bonds. The predicted molar refractivity (Wildman–Crippen MR) is 111 cm³/mol. The minimum atomic E-state index is -0.639. The molecule has 3 atom stereocenters. The molecule has 4 aliphatic carbocycles. The van der Waals surface area contributed by atoms with Crippen molar-refractivity contribution in [2.45, 2.75) is 52.0 Å². The smallest absolute Gasteiger partial charge is 0.309 e. The van der Waals surface area contributed by atoms with E-state index in [4.69, 9.17) is 10.00 Å². The third-order valence-electron chi connectivity index (χ3n) is 8.58. The molecular formula is C24H29N3O4. The van der Waals surface area contributed by atoms with Crippen LogP contribution < -0.4 is 4.74 Å². The first kappa shape index (κ1) is 20.3. The van der Waals surface area contributed by atoms with Crippen LogP contribution in [0.5, 0.6) is 5.88 Å². The number of aliphatic carboxylic acids is 1. The van der Waals surface area contributed by atoms with Crippen LogP contribution in [0.2, 0.25) is 0 Å². The summed E-state index contributed by atoms with van der Waals surface area (Å²) in [5.41, 5.74) is -0.614. The van der Waals surface area contributed by atoms with Crippen LogP contribution in [0.1, 0.15) is 51.5 Å². The van der Waals surface area contributed by atoms with Crippen molar-refractivity contribution in [2.75, 3.05) is 13.2 Å². The van der Waals surface area contributed by atoms with Gasteiger partial charge in [-0.25, -0.2) is 4.98 Å². The molecule has 7 heteroatoms. The van der Waals surface area contributed by atoms with Crippen LogP contribution in [0.3, 0.4) is 0 Å². The Morgan fingerprint density at radius 2 is 2.00 bits per heavy atom. The molecule has 2 heterocycles. The van der Waals surface area contributed by atoms with Crippen molar-refractivity contribution in [3.05, 3.63) is 23.9 Å². The van der Waals surface area contributed by atoms with Crippen molar-refractivity contribution in [2.24, 2.45) is 34.5 Å². The van der Waals surface area contributed by atoms with Crippen molar-refractivity contribution >= 4 is 11.9 Å². The molecule has 0 spiro atoms. The number of pyridine rings is 1. The van der Waals surface area contributed by atoms with Gasteiger partial charge in [0, 0.05) is 30.8 Å². The highest BCUT2D eigenvalue weighted by molar-refractivity contribution is 5.85. The first-order chi connectivity index (χ1) is 14.7. The SMILES string of the molecule is CC1(C)C(=O)N(C2C3CC4CC2CC(C(=O)O)(C4)C3)CC1COc1ccc(C#N)cn1. The fourth-order valence-electron chi connectivity index (χ4n) is 7.10. The molecule has 5 fully saturated rings. The second kappa shape index (κ2) is 6.94. The maximum absolute atomic E-state index is 13.5. The highest BCUT2D eigenvalue weighted by Crippen LogP contribution is 2.62. The number of likely N-dealkylation sites (tertiary alicyclic amines) is 1. The molecule has 1 N–H and O–H groups in total. The zero-order chi connectivity index (χ0) is 22.0. The van der Waals surface area contributed by atoms with Crippen LogP contribution in [-0.2, 0) is 9.59 Å². The first-order valence-electron chi connectivity index (χ1n) is 11.3. The Bertz CT molecular complexity index is 935. The number of amides is 1. The van der Waals surface area contributed by atoms with E-state index in [9.17, 15) is 14.7 Å². The number of hydrogen-bond acceptors (Lipinski definition) is 5. The average molecular weight is 424 g/mol. The van der Waals surface area contributed by atoms with Crippen LogP contribution >= 0.6 is 0 Å². The maximum Gasteiger partial charge on any atom is 0.309 e. The molecule has 4 bridgehead atoms. The van der Waals surface area contributed by atoms with Gasteiger partial charge in [-0.05, 0) is 55.9 Å². The molecule has 6 rings (SSSR count). The number of aromatic nitrogens is 1. The number of carbonyl (C=O) groups excluding carboxylic acids is 1. The lowest BCUT2D eigenvalue weighted by atomic mass is 9.47. The zero-order valence-electron chi connectivity index (χ0n) is 18.1. The second-order valence-corrected chi connectivity index (χ2v) is 10.7. The van der Waals surface area contributed by atoms with Crippen LogP contribution in [0.25, 0.3) is 0 Å². The topological polar surface area (TPSA) is 104 Å². The van der Waals surface area contributed by atoms with Gasteiger partial charge in [0.25, 0.3) is 0 Å². The van der Waals surface area contributed by atoms with Gasteiger partial charge in [-0.1, -0.05) is 13.8 Å². The minimum absolute atomic E-state index is 0.0306. The normalized spacial score (nSPS) is 37.6. The van der Waals surface area contributed by atoms with Gasteiger partial charge in [-0.15, -0.1) is 0 Å². The highest BCUT2D eigenvalue weighted by Gasteiger charge is 2.62. The van der Waals surface area contributed by atoms with Gasteiger partial charge in [0.05, 0.1) is 23.0 Å². The van der Waals surface area contributed by atoms with Gasteiger partial charge in [-0.3, -0.25) is 9.59 Å². The fraction of sp³-hybridized carbons (Fsp3) is 0.667. The Morgan fingerprint density at radius 3 is 2.58 bits per heavy atom. The van der Waals surface area contributed by atoms with E-state index in [1.807, 2.05) is 19.9 Å². The summed E-state index contributed by atoms with van der Waals surface area (Å²) < 4.78 is 5.90. The Kier molecular flexibility index (Phi) is 4.55. The molecule has 4 saturated carbocycles. The lowest BCUT2D eigenvalue weighted by molar-refractivity contribution is -0.174. The lowest BCUT2D eigenvalue weighted by Crippen LogP contribution is -2.61. The van der Waals surface area contributed by atoms with Crippen LogP contribution in [0, 0.1) is 45.8 Å². The molecule has 1 aromatic rings. The molecule has 1 aliphatic heterocycles. The van der Waals surface area contributed by atoms with E-state index in [1.54, 1.807) is 12.1 Å². The van der Waals surface area contributed by atoms with E-state index in [0.29, 0.717) is 55.2 Å². The molecule has 164 valence electrons. The quantitative estimate of drug-likeness (QED) is 0.781. The number of carbonyl (C=O) groups is 2. The molecule has 5 aliphatic rings. The van der Waals surface area contributed by atoms with Crippen molar-refractivity contribution in [3.63, 3.8) is 0 Å². The fourth-order valence-corrected chi connectivity index (χ4v) is 7.10. The molecule has 1 aromatic heterocycles. The zero-order valence-corrected chi connectivity index (χ0v) is 18.1. The Balaban J connectivity index is 1.31. The van der Waals surface area contributed by atoms with E-state index in [-0.39, 0.29) is 17.9 Å². The van der Waals surface area contributed by atoms with Crippen LogP contribution in [0.15, 0.2) is 18.3 Å². The van der Waals surface area contributed by atoms with Crippen molar-refractivity contribution in [1.82, 2.24) is 9.88 Å². The number of rotatable bonds is 5. The highest BCUT2D eigenvalue weighted by atomic mass is 16.5. The molecular weight excluding hydrogens is 394 g/mol. The first-order valence-corrected chi connectivity index (χ1v) is 11.3. The lowest BCUT2D eigenvalue weighted by Gasteiger charge is -2.60. The molecule has 7 nitrogen and oxygen atoms in total. The van der Waals surface area contributed by atoms with E-state index in [0.717, 1.165) is 19.3 Å². The molecule has 31 heavy (non-hydrogen) atoms. The van der Waals surface area contributed by atoms with Crippen molar-refractivity contribution < 1.29 is 19.4 Å². The number of nitriles is 1. The predicted octanol–water partition coefficient (Wildman–Crippen LogP) is 3.10. The van der Waals surface area contributed by atoms with E-state index in [2.05, 4.69) is 9.88 Å². The van der Waals surface area contributed by atoms with Gasteiger partial charge in [-0.2, -0.15) is 5.26 Å². The number of carboxylic acid groups (broad SMARTS) is 1. The third kappa shape index (κ3) is 3.10. The van der Waals surface area contributed by atoms with E-state index in [1.165, 1.54) is 6.20 Å². The Hall–Kier alpha value is -2.62. The molecule has 3 unspecified atom stereocenters. The van der Waals surface area contributed by atoms with Gasteiger partial charge in [0.2, 0.25) is 11.8 Å². The van der Waals surface area contributed by atoms with Crippen molar-refractivity contribution in [1.29, 1.82) is 5.26 Å². The third-order valence-corrected chi connectivity index (χ3v) is 8.58. The molecule has 0 aromatic carbocycles. The summed E-state index contributed by atoms with van der Waals surface area (Å²) >= 11 is 0. The van der Waals surface area contributed by atoms with Gasteiger partial charge < -0.3 is 14.7 Å². The summed E-state index contributed by atoms with van der Waals surface area (Å²) in [6.07, 6.45) is 5.82. The van der Waals surface area contributed by atoms with E-state index >= 15 is 0 Å². The standard InChI is InChI=1S/C24H29N3O4/c1-23(2)18(13-31-19-4-3-14(10-25)11-26-19)12-27(21(23)28)20-16-5-15-6-17(20)9-24(7-15,8-16)22(29)30/h3-4,11,15-18,20H,5-9,12-13H2,1-2H3,(H,29,30). The van der Waals surface area contributed by atoms with Crippen LogP contribution in [0.4, 0.5) is 0 Å². The average Bonchev–Trinajstić information content (AvgIpc) is 2.95. The number of ether oxygens (including phenoxy) is 1. The molecule has 0 radical (unpaired) electrons. The van der Waals surface area contributed by atoms with Crippen LogP contribution in [-0.4, -0.2) is 46.1 Å². The number of nitrogens with zero attached hydrogens (tertiary/aromatic N) is 3. The molecule has 1 saturated heterocycles. The summed E-state index contributed by atoms with van der Waals surface area (Å²) in [7, 11) is 0. The monoisotopic (exact) mass is 423 g/mol. The summed E-state index contributed by atoms with van der Waals surface area (Å²) in [5, 5.41) is 18.8. The number of carboxylic acids is 1. The second-order valence-electron chi connectivity index (χ2n) is 10.7. The van der Waals surface area contributed by atoms with E-state index < -0.39 is 16.8 Å². The summed E-state index contributed by atoms with van der Waals surface area (Å²) in [4.78, 5) is 31.8. The van der Waals surface area contributed by atoms with Gasteiger partial charge in [0.15, 0.2) is 0 Å². The minimum Gasteiger partial charge on any atom is -0.481 e. The number of hydrogen-bond donors (Lipinski definition) is 1.